The van der Waals surface area contributed by atoms with Crippen molar-refractivity contribution in [2.24, 2.45) is 11.8 Å². The first-order chi connectivity index (χ1) is 6.54. The maximum Gasteiger partial charge on any atom is 0.308 e. The van der Waals surface area contributed by atoms with Crippen molar-refractivity contribution in [3.05, 3.63) is 0 Å². The van der Waals surface area contributed by atoms with Crippen molar-refractivity contribution in [2.45, 2.75) is 12.8 Å². The minimum Gasteiger partial charge on any atom is -0.481 e. The number of hydrogen-bond acceptors (Lipinski definition) is 2. The van der Waals surface area contributed by atoms with Gasteiger partial charge < -0.3 is 10.2 Å². The van der Waals surface area contributed by atoms with Gasteiger partial charge in [0.15, 0.2) is 0 Å². The van der Waals surface area contributed by atoms with Gasteiger partial charge in [-0.2, -0.15) is 0 Å². The molecule has 2 N–H and O–H groups in total. The SMILES string of the molecule is C#CCC(C(=O)O)C(CC#C)C(=O)O. The second-order valence-corrected chi connectivity index (χ2v) is 2.71. The van der Waals surface area contributed by atoms with Crippen LogP contribution in [0.5, 0.6) is 0 Å². The van der Waals surface area contributed by atoms with Gasteiger partial charge in [0.05, 0.1) is 11.8 Å². The lowest BCUT2D eigenvalue weighted by molar-refractivity contribution is -0.153. The Bertz CT molecular complexity index is 273. The number of carbonyl (C=O) groups is 2. The smallest absolute Gasteiger partial charge is 0.308 e. The second-order valence-electron chi connectivity index (χ2n) is 2.71. The minimum absolute atomic E-state index is 0.131. The number of carboxylic acids is 2. The zero-order valence-electron chi connectivity index (χ0n) is 7.43. The van der Waals surface area contributed by atoms with Gasteiger partial charge in [0.25, 0.3) is 0 Å². The summed E-state index contributed by atoms with van der Waals surface area (Å²) in [7, 11) is 0. The third kappa shape index (κ3) is 3.20. The van der Waals surface area contributed by atoms with E-state index in [4.69, 9.17) is 23.1 Å². The quantitative estimate of drug-likeness (QED) is 0.622. The van der Waals surface area contributed by atoms with Crippen LogP contribution in [0.3, 0.4) is 0 Å². The molecule has 0 heterocycles. The fraction of sp³-hybridized carbons (Fsp3) is 0.400. The lowest BCUT2D eigenvalue weighted by atomic mass is 9.87. The Morgan fingerprint density at radius 2 is 1.29 bits per heavy atom. The summed E-state index contributed by atoms with van der Waals surface area (Å²) in [6.07, 6.45) is 9.62. The molecule has 0 saturated carbocycles. The summed E-state index contributed by atoms with van der Waals surface area (Å²) in [5.74, 6) is -0.436. The molecule has 0 radical (unpaired) electrons. The molecule has 0 aromatic carbocycles. The van der Waals surface area contributed by atoms with Crippen LogP contribution in [0.1, 0.15) is 12.8 Å². The third-order valence-electron chi connectivity index (χ3n) is 1.80. The van der Waals surface area contributed by atoms with E-state index in [1.165, 1.54) is 0 Å². The average Bonchev–Trinajstić information content (AvgIpc) is 2.10. The van der Waals surface area contributed by atoms with Crippen LogP contribution in [0, 0.1) is 36.5 Å². The van der Waals surface area contributed by atoms with Gasteiger partial charge in [0, 0.05) is 12.8 Å². The van der Waals surface area contributed by atoms with E-state index in [1.54, 1.807) is 0 Å². The fourth-order valence-electron chi connectivity index (χ4n) is 1.06. The first-order valence-electron chi connectivity index (χ1n) is 3.87. The van der Waals surface area contributed by atoms with Crippen LogP contribution in [0.15, 0.2) is 0 Å². The molecule has 14 heavy (non-hydrogen) atoms. The lowest BCUT2D eigenvalue weighted by Crippen LogP contribution is -2.29. The summed E-state index contributed by atoms with van der Waals surface area (Å²) >= 11 is 0. The summed E-state index contributed by atoms with van der Waals surface area (Å²) in [4.78, 5) is 21.4. The minimum atomic E-state index is -1.23. The van der Waals surface area contributed by atoms with Gasteiger partial charge in [-0.3, -0.25) is 9.59 Å². The molecule has 0 aromatic rings. The third-order valence-corrected chi connectivity index (χ3v) is 1.80. The molecular weight excluding hydrogens is 184 g/mol. The number of rotatable bonds is 5. The Balaban J connectivity index is 4.76. The molecule has 0 aliphatic rings. The van der Waals surface area contributed by atoms with E-state index >= 15 is 0 Å². The fourth-order valence-corrected chi connectivity index (χ4v) is 1.06. The highest BCUT2D eigenvalue weighted by molar-refractivity contribution is 5.80. The zero-order chi connectivity index (χ0) is 11.1. The van der Waals surface area contributed by atoms with Crippen LogP contribution in [0.25, 0.3) is 0 Å². The molecule has 0 fully saturated rings. The van der Waals surface area contributed by atoms with Crippen LogP contribution >= 0.6 is 0 Å². The van der Waals surface area contributed by atoms with Gasteiger partial charge in [-0.15, -0.1) is 24.7 Å². The summed E-state index contributed by atoms with van der Waals surface area (Å²) in [5.41, 5.74) is 0. The molecule has 0 rings (SSSR count). The molecule has 2 atom stereocenters. The molecule has 2 unspecified atom stereocenters. The van der Waals surface area contributed by atoms with Crippen LogP contribution in [-0.4, -0.2) is 22.2 Å². The van der Waals surface area contributed by atoms with Crippen LogP contribution in [-0.2, 0) is 9.59 Å². The number of hydrogen-bond donors (Lipinski definition) is 2. The van der Waals surface area contributed by atoms with E-state index in [0.29, 0.717) is 0 Å². The first kappa shape index (κ1) is 12.1. The monoisotopic (exact) mass is 194 g/mol. The summed E-state index contributed by atoms with van der Waals surface area (Å²) < 4.78 is 0. The zero-order valence-corrected chi connectivity index (χ0v) is 7.43. The molecule has 0 bridgehead atoms. The van der Waals surface area contributed by atoms with Crippen LogP contribution in [0.4, 0.5) is 0 Å². The van der Waals surface area contributed by atoms with E-state index in [9.17, 15) is 9.59 Å². The van der Waals surface area contributed by atoms with E-state index in [1.807, 2.05) is 0 Å². The number of terminal acetylenes is 2. The number of carboxylic acid groups (broad SMARTS) is 2. The van der Waals surface area contributed by atoms with E-state index < -0.39 is 23.8 Å². The molecule has 74 valence electrons. The second kappa shape index (κ2) is 5.66. The summed E-state index contributed by atoms with van der Waals surface area (Å²) in [6, 6.07) is 0. The molecule has 4 heteroatoms. The van der Waals surface area contributed by atoms with Crippen molar-refractivity contribution < 1.29 is 19.8 Å². The van der Waals surface area contributed by atoms with E-state index in [0.717, 1.165) is 0 Å². The van der Waals surface area contributed by atoms with Crippen molar-refractivity contribution in [1.29, 1.82) is 0 Å². The van der Waals surface area contributed by atoms with Gasteiger partial charge in [-0.1, -0.05) is 0 Å². The standard InChI is InChI=1S/C10H10O4/c1-3-5-7(9(11)12)8(6-4-2)10(13)14/h1-2,7-8H,5-6H2,(H,11,12)(H,13,14). The molecule has 0 spiro atoms. The van der Waals surface area contributed by atoms with Crippen molar-refractivity contribution in [1.82, 2.24) is 0 Å². The van der Waals surface area contributed by atoms with E-state index in [-0.39, 0.29) is 12.8 Å². The van der Waals surface area contributed by atoms with Gasteiger partial charge in [0.1, 0.15) is 0 Å². The molecular formula is C10H10O4. The Morgan fingerprint density at radius 3 is 1.43 bits per heavy atom. The van der Waals surface area contributed by atoms with Crippen molar-refractivity contribution in [2.75, 3.05) is 0 Å². The largest absolute Gasteiger partial charge is 0.481 e. The maximum atomic E-state index is 10.7. The van der Waals surface area contributed by atoms with Gasteiger partial charge in [-0.25, -0.2) is 0 Å². The highest BCUT2D eigenvalue weighted by Crippen LogP contribution is 2.19. The Labute approximate surface area is 81.9 Å². The maximum absolute atomic E-state index is 10.7. The molecule has 0 amide bonds. The molecule has 0 aromatic heterocycles. The van der Waals surface area contributed by atoms with Gasteiger partial charge >= 0.3 is 11.9 Å². The molecule has 0 aliphatic heterocycles. The van der Waals surface area contributed by atoms with Crippen molar-refractivity contribution >= 4 is 11.9 Å². The Morgan fingerprint density at radius 1 is 1.00 bits per heavy atom. The van der Waals surface area contributed by atoms with Crippen LogP contribution in [0.2, 0.25) is 0 Å². The van der Waals surface area contributed by atoms with Crippen LogP contribution < -0.4 is 0 Å². The lowest BCUT2D eigenvalue weighted by Gasteiger charge is -2.15. The summed E-state index contributed by atoms with van der Waals surface area (Å²) in [5, 5.41) is 17.4. The molecule has 4 nitrogen and oxygen atoms in total. The van der Waals surface area contributed by atoms with Gasteiger partial charge in [-0.05, 0) is 0 Å². The molecule has 0 saturated heterocycles. The highest BCUT2D eigenvalue weighted by Gasteiger charge is 2.32. The van der Waals surface area contributed by atoms with Crippen molar-refractivity contribution in [3.63, 3.8) is 0 Å². The topological polar surface area (TPSA) is 74.6 Å². The Hall–Kier alpha value is -1.94. The predicted molar refractivity (Wildman–Crippen MR) is 49.2 cm³/mol. The summed E-state index contributed by atoms with van der Waals surface area (Å²) in [6.45, 7) is 0. The average molecular weight is 194 g/mol. The normalized spacial score (nSPS) is 13.3. The van der Waals surface area contributed by atoms with E-state index in [2.05, 4.69) is 11.8 Å². The van der Waals surface area contributed by atoms with Gasteiger partial charge in [0.2, 0.25) is 0 Å². The predicted octanol–water partition coefficient (Wildman–Crippen LogP) is 0.435. The number of aliphatic carboxylic acids is 2. The Kier molecular flexibility index (Phi) is 4.88. The highest BCUT2D eigenvalue weighted by atomic mass is 16.4. The van der Waals surface area contributed by atoms with Crippen molar-refractivity contribution in [3.8, 4) is 24.7 Å². The first-order valence-corrected chi connectivity index (χ1v) is 3.87. The molecule has 0 aliphatic carbocycles.